The third-order valence-electron chi connectivity index (χ3n) is 4.47. The van der Waals surface area contributed by atoms with Crippen LogP contribution in [0.2, 0.25) is 0 Å². The number of anilines is 1. The smallest absolute Gasteiger partial charge is 0.240 e. The molecular formula is C18H28BrN3O3S. The zero-order chi connectivity index (χ0) is 19.0. The number of carbonyl (C=O) groups is 1. The van der Waals surface area contributed by atoms with Gasteiger partial charge in [-0.25, -0.2) is 8.42 Å². The van der Waals surface area contributed by atoms with Crippen molar-refractivity contribution in [1.82, 2.24) is 10.2 Å². The zero-order valence-corrected chi connectivity index (χ0v) is 17.7. The van der Waals surface area contributed by atoms with Gasteiger partial charge in [-0.05, 0) is 63.2 Å². The Morgan fingerprint density at radius 2 is 1.77 bits per heavy atom. The van der Waals surface area contributed by atoms with Crippen molar-refractivity contribution in [3.8, 4) is 0 Å². The predicted molar refractivity (Wildman–Crippen MR) is 109 cm³/mol. The van der Waals surface area contributed by atoms with E-state index < -0.39 is 10.0 Å². The number of amides is 1. The van der Waals surface area contributed by atoms with Crippen LogP contribution in [0.5, 0.6) is 0 Å². The van der Waals surface area contributed by atoms with Gasteiger partial charge in [-0.2, -0.15) is 0 Å². The largest absolute Gasteiger partial charge is 0.354 e. The Bertz CT molecular complexity index is 671. The zero-order valence-electron chi connectivity index (χ0n) is 15.3. The summed E-state index contributed by atoms with van der Waals surface area (Å²) in [5.74, 6) is -0.283. The van der Waals surface area contributed by atoms with Crippen molar-refractivity contribution in [1.29, 1.82) is 0 Å². The highest BCUT2D eigenvalue weighted by Crippen LogP contribution is 2.20. The molecule has 146 valence electrons. The third-order valence-corrected chi connectivity index (χ3v) is 6.14. The lowest BCUT2D eigenvalue weighted by atomic mass is 10.2. The summed E-state index contributed by atoms with van der Waals surface area (Å²) in [6.07, 6.45) is 7.12. The molecule has 0 saturated carbocycles. The lowest BCUT2D eigenvalue weighted by Gasteiger charge is -2.22. The SMILES string of the molecule is CS(=O)(=O)N(CC(=O)NCCCN1CCCCCC1)c1ccc(Br)cc1. The van der Waals surface area contributed by atoms with E-state index in [1.165, 1.54) is 25.7 Å². The molecule has 1 N–H and O–H groups in total. The Morgan fingerprint density at radius 3 is 2.35 bits per heavy atom. The van der Waals surface area contributed by atoms with Crippen LogP contribution in [0.15, 0.2) is 28.7 Å². The summed E-state index contributed by atoms with van der Waals surface area (Å²) in [4.78, 5) is 14.7. The Balaban J connectivity index is 1.80. The minimum absolute atomic E-state index is 0.204. The molecule has 1 fully saturated rings. The summed E-state index contributed by atoms with van der Waals surface area (Å²) in [6.45, 7) is 3.61. The minimum atomic E-state index is -3.53. The quantitative estimate of drug-likeness (QED) is 0.624. The third kappa shape index (κ3) is 7.25. The maximum atomic E-state index is 12.2. The summed E-state index contributed by atoms with van der Waals surface area (Å²) in [7, 11) is -3.53. The Morgan fingerprint density at radius 1 is 1.15 bits per heavy atom. The van der Waals surface area contributed by atoms with Gasteiger partial charge in [0, 0.05) is 11.0 Å². The second-order valence-corrected chi connectivity index (χ2v) is 9.53. The molecule has 6 nitrogen and oxygen atoms in total. The topological polar surface area (TPSA) is 69.7 Å². The highest BCUT2D eigenvalue weighted by molar-refractivity contribution is 9.10. The van der Waals surface area contributed by atoms with Crippen LogP contribution in [0.4, 0.5) is 5.69 Å². The molecule has 1 saturated heterocycles. The van der Waals surface area contributed by atoms with Crippen LogP contribution in [-0.2, 0) is 14.8 Å². The van der Waals surface area contributed by atoms with Crippen molar-refractivity contribution in [3.05, 3.63) is 28.7 Å². The lowest BCUT2D eigenvalue weighted by Crippen LogP contribution is -2.41. The molecule has 1 aliphatic heterocycles. The molecule has 0 bridgehead atoms. The molecule has 1 heterocycles. The molecule has 1 aromatic carbocycles. The number of sulfonamides is 1. The van der Waals surface area contributed by atoms with Crippen molar-refractivity contribution >= 4 is 37.5 Å². The number of carbonyl (C=O) groups excluding carboxylic acids is 1. The minimum Gasteiger partial charge on any atom is -0.354 e. The van der Waals surface area contributed by atoms with Crippen LogP contribution in [0.25, 0.3) is 0 Å². The Kier molecular flexibility index (Phi) is 8.37. The van der Waals surface area contributed by atoms with Gasteiger partial charge >= 0.3 is 0 Å². The van der Waals surface area contributed by atoms with E-state index in [9.17, 15) is 13.2 Å². The maximum absolute atomic E-state index is 12.2. The van der Waals surface area contributed by atoms with Gasteiger partial charge in [0.25, 0.3) is 0 Å². The van der Waals surface area contributed by atoms with Gasteiger partial charge in [0.2, 0.25) is 15.9 Å². The molecule has 26 heavy (non-hydrogen) atoms. The molecular weight excluding hydrogens is 418 g/mol. The molecule has 8 heteroatoms. The van der Waals surface area contributed by atoms with Crippen LogP contribution in [0, 0.1) is 0 Å². The first-order chi connectivity index (χ1) is 12.4. The van der Waals surface area contributed by atoms with Crippen LogP contribution in [0.1, 0.15) is 32.1 Å². The number of benzene rings is 1. The number of nitrogens with one attached hydrogen (secondary N) is 1. The monoisotopic (exact) mass is 445 g/mol. The number of hydrogen-bond acceptors (Lipinski definition) is 4. The van der Waals surface area contributed by atoms with E-state index in [-0.39, 0.29) is 12.5 Å². The molecule has 1 aromatic rings. The predicted octanol–water partition coefficient (Wildman–Crippen LogP) is 2.60. The number of nitrogens with zero attached hydrogens (tertiary/aromatic N) is 2. The van der Waals surface area contributed by atoms with Gasteiger partial charge in [0.05, 0.1) is 11.9 Å². The molecule has 2 rings (SSSR count). The molecule has 0 unspecified atom stereocenters. The van der Waals surface area contributed by atoms with Crippen LogP contribution in [-0.4, -0.2) is 58.2 Å². The van der Waals surface area contributed by atoms with E-state index in [2.05, 4.69) is 26.1 Å². The van der Waals surface area contributed by atoms with E-state index >= 15 is 0 Å². The lowest BCUT2D eigenvalue weighted by molar-refractivity contribution is -0.119. The number of rotatable bonds is 8. The fourth-order valence-corrected chi connectivity index (χ4v) is 4.20. The van der Waals surface area contributed by atoms with Crippen molar-refractivity contribution in [2.75, 3.05) is 43.3 Å². The van der Waals surface area contributed by atoms with Gasteiger partial charge in [0.15, 0.2) is 0 Å². The van der Waals surface area contributed by atoms with Gasteiger partial charge in [-0.3, -0.25) is 9.10 Å². The van der Waals surface area contributed by atoms with E-state index in [0.717, 1.165) is 41.1 Å². The van der Waals surface area contributed by atoms with Crippen molar-refractivity contribution in [2.45, 2.75) is 32.1 Å². The molecule has 0 atom stereocenters. The highest BCUT2D eigenvalue weighted by Gasteiger charge is 2.20. The summed E-state index contributed by atoms with van der Waals surface area (Å²) >= 11 is 3.32. The maximum Gasteiger partial charge on any atom is 0.240 e. The fraction of sp³-hybridized carbons (Fsp3) is 0.611. The van der Waals surface area contributed by atoms with Gasteiger partial charge in [0.1, 0.15) is 6.54 Å². The molecule has 0 aliphatic carbocycles. The molecule has 0 radical (unpaired) electrons. The molecule has 1 aliphatic rings. The van der Waals surface area contributed by atoms with Crippen molar-refractivity contribution in [3.63, 3.8) is 0 Å². The summed E-state index contributed by atoms with van der Waals surface area (Å²) in [6, 6.07) is 6.87. The van der Waals surface area contributed by atoms with Gasteiger partial charge in [-0.15, -0.1) is 0 Å². The molecule has 0 aromatic heterocycles. The average Bonchev–Trinajstić information content (AvgIpc) is 2.85. The number of halogens is 1. The fourth-order valence-electron chi connectivity index (χ4n) is 3.08. The molecule has 1 amide bonds. The second-order valence-electron chi connectivity index (χ2n) is 6.71. The summed E-state index contributed by atoms with van der Waals surface area (Å²) < 4.78 is 26.1. The Hall–Kier alpha value is -1.12. The van der Waals surface area contributed by atoms with Crippen LogP contribution >= 0.6 is 15.9 Å². The van der Waals surface area contributed by atoms with E-state index in [1.807, 2.05) is 0 Å². The highest BCUT2D eigenvalue weighted by atomic mass is 79.9. The first-order valence-electron chi connectivity index (χ1n) is 9.08. The molecule has 0 spiro atoms. The standard InChI is InChI=1S/C18H28BrN3O3S/c1-26(24,25)22(17-9-7-16(19)8-10-17)15-18(23)20-11-6-14-21-12-4-2-3-5-13-21/h7-10H,2-6,11-15H2,1H3,(H,20,23). The van der Waals surface area contributed by atoms with Crippen molar-refractivity contribution < 1.29 is 13.2 Å². The van der Waals surface area contributed by atoms with E-state index in [1.54, 1.807) is 24.3 Å². The van der Waals surface area contributed by atoms with Crippen LogP contribution < -0.4 is 9.62 Å². The normalized spacial score (nSPS) is 16.1. The summed E-state index contributed by atoms with van der Waals surface area (Å²) in [5.41, 5.74) is 0.482. The second kappa shape index (κ2) is 10.3. The first-order valence-corrected chi connectivity index (χ1v) is 11.7. The Labute approximate surface area is 165 Å². The summed E-state index contributed by atoms with van der Waals surface area (Å²) in [5, 5.41) is 2.84. The van der Waals surface area contributed by atoms with Gasteiger partial charge in [-0.1, -0.05) is 28.8 Å². The van der Waals surface area contributed by atoms with E-state index in [4.69, 9.17) is 0 Å². The number of likely N-dealkylation sites (tertiary alicyclic amines) is 1. The first kappa shape index (κ1) is 21.2. The van der Waals surface area contributed by atoms with Crippen molar-refractivity contribution in [2.24, 2.45) is 0 Å². The average molecular weight is 446 g/mol. The number of hydrogen-bond donors (Lipinski definition) is 1. The van der Waals surface area contributed by atoms with E-state index in [0.29, 0.717) is 12.2 Å². The van der Waals surface area contributed by atoms with Gasteiger partial charge < -0.3 is 10.2 Å². The van der Waals surface area contributed by atoms with Crippen LogP contribution in [0.3, 0.4) is 0 Å².